The van der Waals surface area contributed by atoms with Gasteiger partial charge in [-0.15, -0.1) is 4.31 Å². The summed E-state index contributed by atoms with van der Waals surface area (Å²) in [6.45, 7) is 1.17. The zero-order valence-electron chi connectivity index (χ0n) is 21.1. The molecule has 14 heteroatoms. The van der Waals surface area contributed by atoms with Crippen molar-refractivity contribution in [3.63, 3.8) is 0 Å². The quantitative estimate of drug-likeness (QED) is 0.239. The van der Waals surface area contributed by atoms with Crippen LogP contribution in [0.5, 0.6) is 0 Å². The molecule has 208 valence electrons. The molecule has 3 aromatic rings. The molecule has 0 radical (unpaired) electrons. The normalized spacial score (nSPS) is 16.6. The van der Waals surface area contributed by atoms with Crippen molar-refractivity contribution >= 4 is 62.5 Å². The number of imide groups is 1. The number of piperidine rings is 1. The Balaban J connectivity index is 1.14. The lowest BCUT2D eigenvalue weighted by Gasteiger charge is -2.32. The molecule has 0 aliphatic carbocycles. The van der Waals surface area contributed by atoms with Crippen LogP contribution in [0.2, 0.25) is 0 Å². The maximum atomic E-state index is 14.1. The van der Waals surface area contributed by atoms with Crippen LogP contribution in [0.25, 0.3) is 0 Å². The average Bonchev–Trinajstić information content (AvgIpc) is 3.18. The van der Waals surface area contributed by atoms with Crippen LogP contribution >= 0.6 is 15.9 Å². The summed E-state index contributed by atoms with van der Waals surface area (Å²) in [6, 6.07) is 10.8. The molecule has 1 aromatic heterocycles. The number of primary amides is 1. The minimum atomic E-state index is -1.35. The van der Waals surface area contributed by atoms with Gasteiger partial charge in [0.15, 0.2) is 0 Å². The summed E-state index contributed by atoms with van der Waals surface area (Å²) in [5.74, 6) is -1.54. The first-order valence-electron chi connectivity index (χ1n) is 12.5. The summed E-state index contributed by atoms with van der Waals surface area (Å²) < 4.78 is 29.4. The van der Waals surface area contributed by atoms with E-state index in [0.717, 1.165) is 11.0 Å². The fourth-order valence-electron chi connectivity index (χ4n) is 4.66. The Morgan fingerprint density at radius 1 is 1.12 bits per heavy atom. The molecular formula is C26H25BrFN7O4S. The Morgan fingerprint density at radius 3 is 2.45 bits per heavy atom. The molecule has 11 nitrogen and oxygen atoms in total. The van der Waals surface area contributed by atoms with Crippen molar-refractivity contribution in [2.24, 2.45) is 5.73 Å². The summed E-state index contributed by atoms with van der Waals surface area (Å²) in [7, 11) is 0. The minimum Gasteiger partial charge on any atom is -0.598 e. The molecule has 1 atom stereocenters. The fraction of sp³-hybridized carbons (Fsp3) is 0.269. The van der Waals surface area contributed by atoms with Gasteiger partial charge in [-0.2, -0.15) is 4.98 Å². The number of nitrogens with two attached hydrogens (primary N) is 1. The standard InChI is InChI=1S/C26H25BrFN7O4S/c27-18-14-30-26(33-23(18)32-20-7-3-6-19(28)21(20)22(29)36)31-15-8-10-34(11-9-15)40(39)13-12-35-24(37)16-4-1-2-5-17(16)25(35)38/h1-7,14-15H,8-13H2,(H2,29,36)(H2,30,31,32,33). The molecule has 40 heavy (non-hydrogen) atoms. The number of aromatic nitrogens is 2. The molecule has 0 spiro atoms. The lowest BCUT2D eigenvalue weighted by molar-refractivity contribution is 0.0663. The number of nitrogens with zero attached hydrogens (tertiary/aromatic N) is 4. The highest BCUT2D eigenvalue weighted by Gasteiger charge is 2.36. The largest absolute Gasteiger partial charge is 0.598 e. The van der Waals surface area contributed by atoms with Crippen molar-refractivity contribution in [3.8, 4) is 0 Å². The summed E-state index contributed by atoms with van der Waals surface area (Å²) >= 11 is 2.01. The predicted molar refractivity (Wildman–Crippen MR) is 151 cm³/mol. The molecule has 1 fully saturated rings. The van der Waals surface area contributed by atoms with Gasteiger partial charge in [-0.3, -0.25) is 19.3 Å². The van der Waals surface area contributed by atoms with Gasteiger partial charge in [-0.05, 0) is 53.0 Å². The highest BCUT2D eigenvalue weighted by atomic mass is 79.9. The number of rotatable bonds is 9. The maximum Gasteiger partial charge on any atom is 0.261 e. The molecule has 1 unspecified atom stereocenters. The zero-order valence-corrected chi connectivity index (χ0v) is 23.5. The van der Waals surface area contributed by atoms with Crippen LogP contribution in [0.15, 0.2) is 53.1 Å². The van der Waals surface area contributed by atoms with E-state index in [1.54, 1.807) is 24.3 Å². The van der Waals surface area contributed by atoms with E-state index in [9.17, 15) is 23.3 Å². The molecule has 2 aromatic carbocycles. The van der Waals surface area contributed by atoms with E-state index < -0.39 is 23.1 Å². The third-order valence-electron chi connectivity index (χ3n) is 6.70. The summed E-state index contributed by atoms with van der Waals surface area (Å²) in [5, 5.41) is 6.20. The molecule has 5 rings (SSSR count). The third kappa shape index (κ3) is 5.80. The first-order chi connectivity index (χ1) is 19.2. The van der Waals surface area contributed by atoms with Crippen LogP contribution in [-0.2, 0) is 11.4 Å². The van der Waals surface area contributed by atoms with Gasteiger partial charge in [0.05, 0.1) is 33.4 Å². The first kappa shape index (κ1) is 28.0. The predicted octanol–water partition coefficient (Wildman–Crippen LogP) is 3.06. The minimum absolute atomic E-state index is 0.00821. The van der Waals surface area contributed by atoms with Gasteiger partial charge in [0.25, 0.3) is 17.7 Å². The van der Waals surface area contributed by atoms with Gasteiger partial charge in [-0.1, -0.05) is 18.2 Å². The molecule has 2 aliphatic rings. The number of amides is 3. The average molecular weight is 631 g/mol. The molecule has 0 saturated carbocycles. The van der Waals surface area contributed by atoms with Gasteiger partial charge in [0.1, 0.15) is 17.4 Å². The highest BCUT2D eigenvalue weighted by Crippen LogP contribution is 2.28. The number of hydrogen-bond acceptors (Lipinski definition) is 9. The van der Waals surface area contributed by atoms with Gasteiger partial charge < -0.3 is 20.9 Å². The van der Waals surface area contributed by atoms with Crippen molar-refractivity contribution in [3.05, 3.63) is 75.6 Å². The van der Waals surface area contributed by atoms with E-state index in [2.05, 4.69) is 36.5 Å². The monoisotopic (exact) mass is 629 g/mol. The van der Waals surface area contributed by atoms with E-state index in [1.807, 2.05) is 4.31 Å². The zero-order chi connectivity index (χ0) is 28.4. The van der Waals surface area contributed by atoms with Crippen molar-refractivity contribution in [1.82, 2.24) is 19.2 Å². The summed E-state index contributed by atoms with van der Waals surface area (Å²) in [6.07, 6.45) is 2.86. The van der Waals surface area contributed by atoms with E-state index in [0.29, 0.717) is 53.3 Å². The van der Waals surface area contributed by atoms with E-state index >= 15 is 0 Å². The number of fused-ring (bicyclic) bond motifs is 1. The topological polar surface area (TPSA) is 157 Å². The lowest BCUT2D eigenvalue weighted by Crippen LogP contribution is -2.45. The number of carbonyl (C=O) groups is 3. The number of nitrogens with one attached hydrogen (secondary N) is 2. The van der Waals surface area contributed by atoms with Crippen LogP contribution < -0.4 is 16.4 Å². The smallest absolute Gasteiger partial charge is 0.261 e. The van der Waals surface area contributed by atoms with Crippen molar-refractivity contribution < 1.29 is 23.3 Å². The SMILES string of the molecule is NC(=O)c1c(F)cccc1Nc1nc(NC2CCN([S+]([O-])CCN3C(=O)c4ccccc4C3=O)CC2)ncc1Br. The number of hydrogen-bond donors (Lipinski definition) is 3. The van der Waals surface area contributed by atoms with E-state index in [1.165, 1.54) is 18.3 Å². The van der Waals surface area contributed by atoms with Crippen LogP contribution in [0.4, 0.5) is 21.8 Å². The van der Waals surface area contributed by atoms with Crippen LogP contribution in [-0.4, -0.2) is 72.9 Å². The second-order valence-electron chi connectivity index (χ2n) is 9.22. The molecule has 2 aliphatic heterocycles. The third-order valence-corrected chi connectivity index (χ3v) is 8.75. The second kappa shape index (κ2) is 11.9. The molecule has 4 N–H and O–H groups in total. The van der Waals surface area contributed by atoms with Crippen LogP contribution in [0.1, 0.15) is 43.9 Å². The number of carbonyl (C=O) groups excluding carboxylic acids is 3. The van der Waals surface area contributed by atoms with Gasteiger partial charge in [0.2, 0.25) is 5.95 Å². The molecule has 1 saturated heterocycles. The van der Waals surface area contributed by atoms with Gasteiger partial charge >= 0.3 is 0 Å². The molecule has 3 amide bonds. The van der Waals surface area contributed by atoms with Gasteiger partial charge in [0, 0.05) is 36.7 Å². The summed E-state index contributed by atoms with van der Waals surface area (Å²) in [5.41, 5.74) is 6.00. The number of halogens is 2. The Labute approximate surface area is 240 Å². The fourth-order valence-corrected chi connectivity index (χ4v) is 6.16. The van der Waals surface area contributed by atoms with Crippen molar-refractivity contribution in [2.75, 3.05) is 36.0 Å². The van der Waals surface area contributed by atoms with Crippen molar-refractivity contribution in [2.45, 2.75) is 18.9 Å². The van der Waals surface area contributed by atoms with E-state index in [4.69, 9.17) is 5.73 Å². The van der Waals surface area contributed by atoms with Gasteiger partial charge in [-0.25, -0.2) is 9.37 Å². The molecule has 3 heterocycles. The Hall–Kier alpha value is -3.59. The number of anilines is 3. The molecular weight excluding hydrogens is 605 g/mol. The lowest BCUT2D eigenvalue weighted by atomic mass is 10.1. The second-order valence-corrected chi connectivity index (χ2v) is 11.6. The van der Waals surface area contributed by atoms with Crippen LogP contribution in [0, 0.1) is 5.82 Å². The van der Waals surface area contributed by atoms with Crippen LogP contribution in [0.3, 0.4) is 0 Å². The summed E-state index contributed by atoms with van der Waals surface area (Å²) in [4.78, 5) is 46.7. The Kier molecular flexibility index (Phi) is 8.30. The molecule has 0 bridgehead atoms. The Morgan fingerprint density at radius 2 is 1.80 bits per heavy atom. The first-order valence-corrected chi connectivity index (χ1v) is 14.5. The maximum absolute atomic E-state index is 14.1. The highest BCUT2D eigenvalue weighted by molar-refractivity contribution is 9.10. The Bertz CT molecular complexity index is 1440. The van der Waals surface area contributed by atoms with Crippen molar-refractivity contribution in [1.29, 1.82) is 0 Å². The number of benzene rings is 2. The van der Waals surface area contributed by atoms with E-state index in [-0.39, 0.29) is 41.4 Å².